The molecule has 0 amide bonds. The molecule has 1 aromatic heterocycles. The monoisotopic (exact) mass is 220 g/mol. The molecule has 0 bridgehead atoms. The Morgan fingerprint density at radius 1 is 1.44 bits per heavy atom. The number of nitrogens with one attached hydrogen (secondary N) is 1. The molecule has 4 heteroatoms. The summed E-state index contributed by atoms with van der Waals surface area (Å²) < 4.78 is 0. The van der Waals surface area contributed by atoms with Crippen molar-refractivity contribution in [2.24, 2.45) is 0 Å². The van der Waals surface area contributed by atoms with Crippen LogP contribution in [0.15, 0.2) is 18.5 Å². The maximum absolute atomic E-state index is 4.19. The number of rotatable bonds is 5. The van der Waals surface area contributed by atoms with Gasteiger partial charge in [0.05, 0.1) is 6.54 Å². The van der Waals surface area contributed by atoms with Crippen LogP contribution in [-0.4, -0.2) is 40.5 Å². The maximum atomic E-state index is 4.19. The van der Waals surface area contributed by atoms with Gasteiger partial charge in [0.1, 0.15) is 5.82 Å². The minimum atomic E-state index is 0.703. The first-order valence-corrected chi connectivity index (χ1v) is 6.11. The van der Waals surface area contributed by atoms with Crippen LogP contribution in [-0.2, 0) is 6.54 Å². The average molecular weight is 220 g/mol. The molecular weight excluding hydrogens is 200 g/mol. The second-order valence-electron chi connectivity index (χ2n) is 4.22. The van der Waals surface area contributed by atoms with Crippen LogP contribution in [0.1, 0.15) is 25.6 Å². The largest absolute Gasteiger partial charge is 0.308 e. The zero-order chi connectivity index (χ0) is 11.2. The Morgan fingerprint density at radius 3 is 3.00 bits per heavy atom. The highest BCUT2D eigenvalue weighted by atomic mass is 15.2. The fraction of sp³-hybridized carbons (Fsp3) is 0.667. The standard InChI is InChI=1S/C12H20N4/c1-2-16-8-3-5-11(16)9-13-10-12-14-6-4-7-15-12/h4,6-7,11,13H,2-3,5,8-10H2,1H3. The van der Waals surface area contributed by atoms with Crippen LogP contribution in [0.5, 0.6) is 0 Å². The molecule has 1 aromatic rings. The van der Waals surface area contributed by atoms with Crippen molar-refractivity contribution in [1.29, 1.82) is 0 Å². The normalized spacial score (nSPS) is 21.4. The van der Waals surface area contributed by atoms with E-state index in [1.807, 2.05) is 6.07 Å². The van der Waals surface area contributed by atoms with Gasteiger partial charge in [-0.3, -0.25) is 4.90 Å². The zero-order valence-electron chi connectivity index (χ0n) is 9.89. The number of hydrogen-bond acceptors (Lipinski definition) is 4. The third-order valence-corrected chi connectivity index (χ3v) is 3.19. The molecule has 1 unspecified atom stereocenters. The molecular formula is C12H20N4. The van der Waals surface area contributed by atoms with E-state index in [1.54, 1.807) is 12.4 Å². The molecule has 1 N–H and O–H groups in total. The topological polar surface area (TPSA) is 41.0 Å². The first-order valence-electron chi connectivity index (χ1n) is 6.11. The summed E-state index contributed by atoms with van der Waals surface area (Å²) in [6.45, 7) is 6.47. The molecule has 16 heavy (non-hydrogen) atoms. The molecule has 2 rings (SSSR count). The lowest BCUT2D eigenvalue weighted by Crippen LogP contribution is -2.37. The SMILES string of the molecule is CCN1CCCC1CNCc1ncccn1. The highest BCUT2D eigenvalue weighted by Crippen LogP contribution is 2.15. The molecule has 1 saturated heterocycles. The summed E-state index contributed by atoms with van der Waals surface area (Å²) in [4.78, 5) is 10.9. The molecule has 0 radical (unpaired) electrons. The molecule has 1 fully saturated rings. The Bertz CT molecular complexity index is 301. The van der Waals surface area contributed by atoms with E-state index in [0.29, 0.717) is 6.04 Å². The van der Waals surface area contributed by atoms with E-state index in [0.717, 1.165) is 25.5 Å². The van der Waals surface area contributed by atoms with Crippen molar-refractivity contribution in [1.82, 2.24) is 20.2 Å². The number of hydrogen-bond donors (Lipinski definition) is 1. The highest BCUT2D eigenvalue weighted by molar-refractivity contribution is 4.88. The van der Waals surface area contributed by atoms with Crippen LogP contribution in [0.4, 0.5) is 0 Å². The van der Waals surface area contributed by atoms with Crippen LogP contribution in [0.3, 0.4) is 0 Å². The van der Waals surface area contributed by atoms with Gasteiger partial charge in [0.2, 0.25) is 0 Å². The number of likely N-dealkylation sites (tertiary alicyclic amines) is 1. The first kappa shape index (κ1) is 11.5. The van der Waals surface area contributed by atoms with Crippen molar-refractivity contribution >= 4 is 0 Å². The highest BCUT2D eigenvalue weighted by Gasteiger charge is 2.21. The summed E-state index contributed by atoms with van der Waals surface area (Å²) in [5, 5.41) is 3.44. The van der Waals surface area contributed by atoms with Gasteiger partial charge in [-0.2, -0.15) is 0 Å². The molecule has 4 nitrogen and oxygen atoms in total. The molecule has 0 saturated carbocycles. The van der Waals surface area contributed by atoms with Gasteiger partial charge >= 0.3 is 0 Å². The second kappa shape index (κ2) is 5.92. The van der Waals surface area contributed by atoms with E-state index in [-0.39, 0.29) is 0 Å². The molecule has 0 spiro atoms. The summed E-state index contributed by atoms with van der Waals surface area (Å²) in [5.41, 5.74) is 0. The maximum Gasteiger partial charge on any atom is 0.141 e. The number of aromatic nitrogens is 2. The van der Waals surface area contributed by atoms with Crippen molar-refractivity contribution < 1.29 is 0 Å². The van der Waals surface area contributed by atoms with Gasteiger partial charge in [0.25, 0.3) is 0 Å². The summed E-state index contributed by atoms with van der Waals surface area (Å²) >= 11 is 0. The van der Waals surface area contributed by atoms with Crippen LogP contribution >= 0.6 is 0 Å². The van der Waals surface area contributed by atoms with Crippen molar-refractivity contribution in [2.45, 2.75) is 32.4 Å². The number of nitrogens with zero attached hydrogens (tertiary/aromatic N) is 3. The Balaban J connectivity index is 1.72. The fourth-order valence-electron chi connectivity index (χ4n) is 2.31. The summed E-state index contributed by atoms with van der Waals surface area (Å²) in [6, 6.07) is 2.55. The van der Waals surface area contributed by atoms with E-state index in [4.69, 9.17) is 0 Å². The van der Waals surface area contributed by atoms with E-state index in [9.17, 15) is 0 Å². The summed E-state index contributed by atoms with van der Waals surface area (Å²) in [6.07, 6.45) is 6.23. The molecule has 88 valence electrons. The Kier molecular flexibility index (Phi) is 4.25. The Hall–Kier alpha value is -1.00. The molecule has 0 aromatic carbocycles. The van der Waals surface area contributed by atoms with Crippen LogP contribution in [0.2, 0.25) is 0 Å². The van der Waals surface area contributed by atoms with E-state index < -0.39 is 0 Å². The second-order valence-corrected chi connectivity index (χ2v) is 4.22. The average Bonchev–Trinajstić information content (AvgIpc) is 2.78. The first-order chi connectivity index (χ1) is 7.90. The molecule has 1 aliphatic rings. The van der Waals surface area contributed by atoms with Crippen LogP contribution < -0.4 is 5.32 Å². The summed E-state index contributed by atoms with van der Waals surface area (Å²) in [7, 11) is 0. The van der Waals surface area contributed by atoms with Crippen molar-refractivity contribution in [3.05, 3.63) is 24.3 Å². The molecule has 0 aliphatic carbocycles. The molecule has 1 aliphatic heterocycles. The molecule has 2 heterocycles. The lowest BCUT2D eigenvalue weighted by molar-refractivity contribution is 0.259. The Morgan fingerprint density at radius 2 is 2.25 bits per heavy atom. The van der Waals surface area contributed by atoms with Gasteiger partial charge in [-0.15, -0.1) is 0 Å². The third-order valence-electron chi connectivity index (χ3n) is 3.19. The third kappa shape index (κ3) is 3.00. The van der Waals surface area contributed by atoms with Gasteiger partial charge in [-0.1, -0.05) is 6.92 Å². The summed E-state index contributed by atoms with van der Waals surface area (Å²) in [5.74, 6) is 0.878. The van der Waals surface area contributed by atoms with Gasteiger partial charge in [0.15, 0.2) is 0 Å². The van der Waals surface area contributed by atoms with Gasteiger partial charge in [-0.05, 0) is 32.0 Å². The van der Waals surface area contributed by atoms with Gasteiger partial charge in [-0.25, -0.2) is 9.97 Å². The van der Waals surface area contributed by atoms with Gasteiger partial charge < -0.3 is 5.32 Å². The van der Waals surface area contributed by atoms with Crippen LogP contribution in [0, 0.1) is 0 Å². The lowest BCUT2D eigenvalue weighted by atomic mass is 10.2. The molecule has 1 atom stereocenters. The van der Waals surface area contributed by atoms with Crippen LogP contribution in [0.25, 0.3) is 0 Å². The Labute approximate surface area is 97.1 Å². The smallest absolute Gasteiger partial charge is 0.141 e. The quantitative estimate of drug-likeness (QED) is 0.805. The van der Waals surface area contributed by atoms with Gasteiger partial charge in [0, 0.05) is 25.0 Å². The van der Waals surface area contributed by atoms with Crippen molar-refractivity contribution in [3.8, 4) is 0 Å². The predicted molar refractivity (Wildman–Crippen MR) is 64.0 cm³/mol. The zero-order valence-corrected chi connectivity index (χ0v) is 9.89. The minimum absolute atomic E-state index is 0.703. The minimum Gasteiger partial charge on any atom is -0.308 e. The number of likely N-dealkylation sites (N-methyl/N-ethyl adjacent to an activating group) is 1. The van der Waals surface area contributed by atoms with Crippen molar-refractivity contribution in [2.75, 3.05) is 19.6 Å². The van der Waals surface area contributed by atoms with E-state index in [2.05, 4.69) is 27.1 Å². The predicted octanol–water partition coefficient (Wildman–Crippen LogP) is 1.05. The lowest BCUT2D eigenvalue weighted by Gasteiger charge is -2.22. The van der Waals surface area contributed by atoms with E-state index >= 15 is 0 Å². The fourth-order valence-corrected chi connectivity index (χ4v) is 2.31. The van der Waals surface area contributed by atoms with Crippen molar-refractivity contribution in [3.63, 3.8) is 0 Å². The van der Waals surface area contributed by atoms with E-state index in [1.165, 1.54) is 19.4 Å².